The predicted octanol–water partition coefficient (Wildman–Crippen LogP) is 2.70. The normalized spacial score (nSPS) is 15.9. The van der Waals surface area contributed by atoms with Gasteiger partial charge in [-0.1, -0.05) is 13.0 Å². The van der Waals surface area contributed by atoms with Crippen LogP contribution in [0.3, 0.4) is 0 Å². The van der Waals surface area contributed by atoms with Crippen LogP contribution in [0, 0.1) is 0 Å². The van der Waals surface area contributed by atoms with Crippen LogP contribution in [-0.2, 0) is 4.79 Å². The van der Waals surface area contributed by atoms with E-state index in [1.54, 1.807) is 13.8 Å². The third kappa shape index (κ3) is 2.97. The quantitative estimate of drug-likeness (QED) is 0.904. The summed E-state index contributed by atoms with van der Waals surface area (Å²) in [7, 11) is 0. The molecule has 0 saturated carbocycles. The van der Waals surface area contributed by atoms with Crippen LogP contribution in [-0.4, -0.2) is 41.3 Å². The summed E-state index contributed by atoms with van der Waals surface area (Å²) in [6, 6.07) is 5.78. The molecule has 1 aliphatic rings. The van der Waals surface area contributed by atoms with Crippen molar-refractivity contribution < 1.29 is 19.4 Å². The lowest BCUT2D eigenvalue weighted by molar-refractivity contribution is -0.150. The summed E-state index contributed by atoms with van der Waals surface area (Å²) in [6.07, 6.45) is 0. The van der Waals surface area contributed by atoms with Crippen LogP contribution in [0.25, 0.3) is 0 Å². The second-order valence-corrected chi connectivity index (χ2v) is 5.73. The van der Waals surface area contributed by atoms with Gasteiger partial charge in [0.2, 0.25) is 0 Å². The summed E-state index contributed by atoms with van der Waals surface area (Å²) in [5, 5.41) is 9.44. The van der Waals surface area contributed by atoms with Crippen molar-refractivity contribution in [1.29, 1.82) is 0 Å². The zero-order chi connectivity index (χ0) is 15.6. The number of ether oxygens (including phenoxy) is 2. The van der Waals surface area contributed by atoms with Gasteiger partial charge in [0, 0.05) is 6.04 Å². The summed E-state index contributed by atoms with van der Waals surface area (Å²) < 4.78 is 11.1. The monoisotopic (exact) mass is 293 g/mol. The molecule has 2 rings (SSSR count). The topological polar surface area (TPSA) is 59.0 Å². The zero-order valence-electron chi connectivity index (χ0n) is 13.0. The molecule has 1 N–H and O–H groups in total. The Balaban J connectivity index is 2.29. The van der Waals surface area contributed by atoms with Crippen molar-refractivity contribution in [2.24, 2.45) is 0 Å². The van der Waals surface area contributed by atoms with Gasteiger partial charge in [-0.05, 0) is 45.0 Å². The van der Waals surface area contributed by atoms with E-state index < -0.39 is 11.5 Å². The number of likely N-dealkylation sites (N-methyl/N-ethyl adjacent to an activating group) is 1. The van der Waals surface area contributed by atoms with Crippen molar-refractivity contribution in [2.45, 2.75) is 39.3 Å². The lowest BCUT2D eigenvalue weighted by Crippen LogP contribution is -2.51. The minimum absolute atomic E-state index is 0.0306. The predicted molar refractivity (Wildman–Crippen MR) is 79.9 cm³/mol. The number of rotatable bonds is 5. The van der Waals surface area contributed by atoms with Gasteiger partial charge in [-0.15, -0.1) is 0 Å². The van der Waals surface area contributed by atoms with Crippen LogP contribution in [0.15, 0.2) is 18.2 Å². The van der Waals surface area contributed by atoms with Crippen molar-refractivity contribution in [3.05, 3.63) is 23.8 Å². The Labute approximate surface area is 125 Å². The molecular formula is C16H23NO4. The number of fused-ring (bicyclic) bond motifs is 1. The molecule has 0 aromatic heterocycles. The number of carboxylic acid groups (broad SMARTS) is 1. The second kappa shape index (κ2) is 5.93. The first-order valence-electron chi connectivity index (χ1n) is 7.27. The van der Waals surface area contributed by atoms with E-state index in [0.717, 1.165) is 17.1 Å². The minimum Gasteiger partial charge on any atom is -0.486 e. The highest BCUT2D eigenvalue weighted by molar-refractivity contribution is 5.77. The summed E-state index contributed by atoms with van der Waals surface area (Å²) in [5.74, 6) is 0.654. The Morgan fingerprint density at radius 3 is 2.52 bits per heavy atom. The molecule has 1 heterocycles. The van der Waals surface area contributed by atoms with Gasteiger partial charge in [-0.3, -0.25) is 9.69 Å². The Hall–Kier alpha value is -1.75. The van der Waals surface area contributed by atoms with Crippen molar-refractivity contribution in [1.82, 2.24) is 4.90 Å². The van der Waals surface area contributed by atoms with Gasteiger partial charge in [0.05, 0.1) is 0 Å². The van der Waals surface area contributed by atoms with E-state index in [4.69, 9.17) is 9.47 Å². The fraction of sp³-hybridized carbons (Fsp3) is 0.562. The number of carbonyl (C=O) groups is 1. The SMILES string of the molecule is CCN(C(C)c1ccc2c(c1)OCCO2)C(C)(C)C(=O)O. The largest absolute Gasteiger partial charge is 0.486 e. The first-order chi connectivity index (χ1) is 9.87. The fourth-order valence-corrected chi connectivity index (χ4v) is 2.78. The Morgan fingerprint density at radius 2 is 1.95 bits per heavy atom. The first-order valence-corrected chi connectivity index (χ1v) is 7.27. The molecule has 0 saturated heterocycles. The van der Waals surface area contributed by atoms with Crippen molar-refractivity contribution in [2.75, 3.05) is 19.8 Å². The molecule has 0 amide bonds. The highest BCUT2D eigenvalue weighted by atomic mass is 16.6. The summed E-state index contributed by atoms with van der Waals surface area (Å²) in [4.78, 5) is 13.5. The molecule has 1 aliphatic heterocycles. The maximum Gasteiger partial charge on any atom is 0.323 e. The highest BCUT2D eigenvalue weighted by Crippen LogP contribution is 2.35. The van der Waals surface area contributed by atoms with Crippen LogP contribution < -0.4 is 9.47 Å². The lowest BCUT2D eigenvalue weighted by atomic mass is 9.97. The van der Waals surface area contributed by atoms with Crippen LogP contribution >= 0.6 is 0 Å². The minimum atomic E-state index is -0.929. The Bertz CT molecular complexity index is 527. The number of hydrogen-bond acceptors (Lipinski definition) is 4. The van der Waals surface area contributed by atoms with E-state index >= 15 is 0 Å². The molecule has 5 nitrogen and oxygen atoms in total. The number of carboxylic acids is 1. The van der Waals surface area contributed by atoms with Crippen LogP contribution in [0.5, 0.6) is 11.5 Å². The molecule has 116 valence electrons. The van der Waals surface area contributed by atoms with E-state index in [-0.39, 0.29) is 6.04 Å². The molecule has 1 unspecified atom stereocenters. The third-order valence-corrected chi connectivity index (χ3v) is 4.10. The van der Waals surface area contributed by atoms with E-state index in [2.05, 4.69) is 0 Å². The smallest absolute Gasteiger partial charge is 0.323 e. The van der Waals surface area contributed by atoms with Gasteiger partial charge < -0.3 is 14.6 Å². The summed E-state index contributed by atoms with van der Waals surface area (Å²) >= 11 is 0. The van der Waals surface area contributed by atoms with Crippen LogP contribution in [0.2, 0.25) is 0 Å². The van der Waals surface area contributed by atoms with Crippen molar-refractivity contribution in [3.63, 3.8) is 0 Å². The summed E-state index contributed by atoms with van der Waals surface area (Å²) in [5.41, 5.74) is 0.0944. The van der Waals surface area contributed by atoms with Crippen molar-refractivity contribution in [3.8, 4) is 11.5 Å². The molecule has 0 fully saturated rings. The molecule has 0 radical (unpaired) electrons. The Morgan fingerprint density at radius 1 is 1.33 bits per heavy atom. The molecule has 1 atom stereocenters. The van der Waals surface area contributed by atoms with E-state index in [1.807, 2.05) is 36.9 Å². The maximum absolute atomic E-state index is 11.5. The summed E-state index contributed by atoms with van der Waals surface area (Å²) in [6.45, 7) is 9.20. The van der Waals surface area contributed by atoms with Gasteiger partial charge in [-0.25, -0.2) is 0 Å². The fourth-order valence-electron chi connectivity index (χ4n) is 2.78. The molecule has 0 spiro atoms. The average Bonchev–Trinajstić information content (AvgIpc) is 2.46. The molecule has 21 heavy (non-hydrogen) atoms. The van der Waals surface area contributed by atoms with Gasteiger partial charge in [0.1, 0.15) is 18.8 Å². The second-order valence-electron chi connectivity index (χ2n) is 5.73. The number of hydrogen-bond donors (Lipinski definition) is 1. The van der Waals surface area contributed by atoms with Crippen LogP contribution in [0.1, 0.15) is 39.3 Å². The Kier molecular flexibility index (Phi) is 4.42. The maximum atomic E-state index is 11.5. The van der Waals surface area contributed by atoms with E-state index in [1.165, 1.54) is 0 Å². The van der Waals surface area contributed by atoms with Gasteiger partial charge in [-0.2, -0.15) is 0 Å². The number of nitrogens with zero attached hydrogens (tertiary/aromatic N) is 1. The highest BCUT2D eigenvalue weighted by Gasteiger charge is 2.37. The molecule has 5 heteroatoms. The van der Waals surface area contributed by atoms with Gasteiger partial charge in [0.25, 0.3) is 0 Å². The van der Waals surface area contributed by atoms with Gasteiger partial charge >= 0.3 is 5.97 Å². The molecule has 1 aromatic rings. The standard InChI is InChI=1S/C16H23NO4/c1-5-17(16(3,4)15(18)19)11(2)12-6-7-13-14(10-12)21-9-8-20-13/h6-7,10-11H,5,8-9H2,1-4H3,(H,18,19). The van der Waals surface area contributed by atoms with E-state index in [0.29, 0.717) is 19.8 Å². The number of aliphatic carboxylic acids is 1. The molecule has 0 bridgehead atoms. The zero-order valence-corrected chi connectivity index (χ0v) is 13.0. The van der Waals surface area contributed by atoms with E-state index in [9.17, 15) is 9.90 Å². The van der Waals surface area contributed by atoms with Crippen molar-refractivity contribution >= 4 is 5.97 Å². The molecule has 1 aromatic carbocycles. The van der Waals surface area contributed by atoms with Gasteiger partial charge in [0.15, 0.2) is 11.5 Å². The molecular weight excluding hydrogens is 270 g/mol. The average molecular weight is 293 g/mol. The lowest BCUT2D eigenvalue weighted by Gasteiger charge is -2.39. The van der Waals surface area contributed by atoms with Crippen LogP contribution in [0.4, 0.5) is 0 Å². The molecule has 0 aliphatic carbocycles. The first kappa shape index (κ1) is 15.6. The number of benzene rings is 1. The third-order valence-electron chi connectivity index (χ3n) is 4.10.